The number of nitrogens with zero attached hydrogens (tertiary/aromatic N) is 4. The van der Waals surface area contributed by atoms with E-state index in [-0.39, 0.29) is 5.24 Å². The minimum atomic E-state index is -0.398. The van der Waals surface area contributed by atoms with Gasteiger partial charge in [-0.1, -0.05) is 18.2 Å². The van der Waals surface area contributed by atoms with Gasteiger partial charge in [-0.3, -0.25) is 14.9 Å². The Kier molecular flexibility index (Phi) is 4.57. The van der Waals surface area contributed by atoms with Crippen molar-refractivity contribution < 1.29 is 9.59 Å². The molecule has 1 N–H and O–H groups in total. The predicted molar refractivity (Wildman–Crippen MR) is 102 cm³/mol. The monoisotopic (exact) mass is 367 g/mol. The zero-order chi connectivity index (χ0) is 17.9. The Balaban J connectivity index is 1.45. The highest BCUT2D eigenvalue weighted by Gasteiger charge is 2.25. The molecule has 26 heavy (non-hydrogen) atoms. The average molecular weight is 367 g/mol. The van der Waals surface area contributed by atoms with Gasteiger partial charge in [0.2, 0.25) is 0 Å². The molecule has 2 fully saturated rings. The van der Waals surface area contributed by atoms with Crippen molar-refractivity contribution in [3.63, 3.8) is 0 Å². The lowest BCUT2D eigenvalue weighted by Crippen LogP contribution is -2.46. The van der Waals surface area contributed by atoms with Gasteiger partial charge in [-0.2, -0.15) is 0 Å². The van der Waals surface area contributed by atoms with Crippen molar-refractivity contribution in [1.29, 1.82) is 0 Å². The second kappa shape index (κ2) is 7.17. The van der Waals surface area contributed by atoms with E-state index in [2.05, 4.69) is 37.2 Å². The first-order valence-electron chi connectivity index (χ1n) is 8.32. The van der Waals surface area contributed by atoms with Crippen molar-refractivity contribution >= 4 is 40.5 Å². The molecule has 0 aliphatic carbocycles. The van der Waals surface area contributed by atoms with Gasteiger partial charge in [0.15, 0.2) is 5.82 Å². The minimum absolute atomic E-state index is 0.320. The molecule has 7 nitrogen and oxygen atoms in total. The van der Waals surface area contributed by atoms with Crippen LogP contribution in [0.5, 0.6) is 0 Å². The van der Waals surface area contributed by atoms with Crippen LogP contribution >= 0.6 is 11.8 Å². The van der Waals surface area contributed by atoms with Crippen molar-refractivity contribution in [2.24, 2.45) is 0 Å². The number of imide groups is 1. The number of carbonyl (C=O) groups excluding carboxylic acids is 2. The van der Waals surface area contributed by atoms with Crippen LogP contribution in [0.15, 0.2) is 47.5 Å². The Labute approximate surface area is 155 Å². The maximum atomic E-state index is 11.7. The Morgan fingerprint density at radius 2 is 1.73 bits per heavy atom. The number of benzene rings is 1. The van der Waals surface area contributed by atoms with Crippen LogP contribution in [0, 0.1) is 0 Å². The number of piperazine rings is 1. The number of rotatable bonds is 3. The Morgan fingerprint density at radius 3 is 2.42 bits per heavy atom. The molecule has 2 saturated heterocycles. The highest BCUT2D eigenvalue weighted by Crippen LogP contribution is 2.25. The van der Waals surface area contributed by atoms with Gasteiger partial charge in [0.1, 0.15) is 5.82 Å². The molecular weight excluding hydrogens is 350 g/mol. The van der Waals surface area contributed by atoms with Gasteiger partial charge in [-0.25, -0.2) is 9.97 Å². The zero-order valence-electron chi connectivity index (χ0n) is 14.0. The molecule has 0 bridgehead atoms. The van der Waals surface area contributed by atoms with Crippen LogP contribution in [0.4, 0.5) is 16.3 Å². The summed E-state index contributed by atoms with van der Waals surface area (Å²) in [5.41, 5.74) is 1.23. The Bertz CT molecular complexity index is 863. The van der Waals surface area contributed by atoms with Crippen LogP contribution in [-0.2, 0) is 4.79 Å². The molecule has 0 atom stereocenters. The lowest BCUT2D eigenvalue weighted by molar-refractivity contribution is -0.115. The molecule has 8 heteroatoms. The number of nitrogens with one attached hydrogen (secondary N) is 1. The van der Waals surface area contributed by atoms with E-state index in [1.807, 2.05) is 24.3 Å². The van der Waals surface area contributed by atoms with E-state index in [9.17, 15) is 9.59 Å². The van der Waals surface area contributed by atoms with Gasteiger partial charge in [0.25, 0.3) is 11.1 Å². The summed E-state index contributed by atoms with van der Waals surface area (Å²) in [5, 5.41) is 1.86. The van der Waals surface area contributed by atoms with E-state index in [0.29, 0.717) is 10.7 Å². The second-order valence-corrected chi connectivity index (χ2v) is 6.95. The number of amides is 2. The molecule has 0 unspecified atom stereocenters. The number of thioether (sulfide) groups is 1. The second-order valence-electron chi connectivity index (χ2n) is 5.93. The lowest BCUT2D eigenvalue weighted by Gasteiger charge is -2.36. The van der Waals surface area contributed by atoms with Crippen molar-refractivity contribution in [2.45, 2.75) is 0 Å². The molecule has 4 rings (SSSR count). The summed E-state index contributed by atoms with van der Waals surface area (Å²) in [6.45, 7) is 3.54. The van der Waals surface area contributed by atoms with Crippen molar-refractivity contribution in [1.82, 2.24) is 15.3 Å². The van der Waals surface area contributed by atoms with E-state index in [0.717, 1.165) is 43.8 Å². The first-order valence-corrected chi connectivity index (χ1v) is 9.13. The van der Waals surface area contributed by atoms with Gasteiger partial charge in [0.05, 0.1) is 4.91 Å². The minimum Gasteiger partial charge on any atom is -0.368 e. The van der Waals surface area contributed by atoms with Crippen LogP contribution in [0.1, 0.15) is 5.82 Å². The summed E-state index contributed by atoms with van der Waals surface area (Å²) >= 11 is 0.869. The Hall–Kier alpha value is -2.87. The first-order chi connectivity index (χ1) is 12.7. The van der Waals surface area contributed by atoms with E-state index in [1.165, 1.54) is 5.69 Å². The maximum absolute atomic E-state index is 11.7. The van der Waals surface area contributed by atoms with E-state index in [1.54, 1.807) is 12.3 Å². The molecule has 2 aliphatic rings. The summed E-state index contributed by atoms with van der Waals surface area (Å²) in [6, 6.07) is 12.2. The number of aromatic nitrogens is 2. The number of para-hydroxylation sites is 1. The largest absolute Gasteiger partial charge is 0.368 e. The zero-order valence-corrected chi connectivity index (χ0v) is 14.8. The molecule has 0 saturated carbocycles. The van der Waals surface area contributed by atoms with E-state index in [4.69, 9.17) is 0 Å². The molecule has 0 radical (unpaired) electrons. The Morgan fingerprint density at radius 1 is 1.00 bits per heavy atom. The molecule has 1 aromatic carbocycles. The quantitative estimate of drug-likeness (QED) is 0.833. The summed E-state index contributed by atoms with van der Waals surface area (Å²) in [6.07, 6.45) is 3.23. The van der Waals surface area contributed by atoms with Crippen LogP contribution in [0.2, 0.25) is 0 Å². The first kappa shape index (κ1) is 16.6. The van der Waals surface area contributed by atoms with Gasteiger partial charge in [-0.05, 0) is 30.0 Å². The molecule has 1 aromatic heterocycles. The van der Waals surface area contributed by atoms with Gasteiger partial charge in [-0.15, -0.1) is 0 Å². The van der Waals surface area contributed by atoms with Gasteiger partial charge < -0.3 is 9.80 Å². The average Bonchev–Trinajstić information content (AvgIpc) is 3.00. The topological polar surface area (TPSA) is 78.4 Å². The fourth-order valence-electron chi connectivity index (χ4n) is 2.98. The molecule has 132 valence electrons. The molecule has 0 spiro atoms. The number of anilines is 2. The molecular formula is C18H17N5O2S. The van der Waals surface area contributed by atoms with E-state index < -0.39 is 5.91 Å². The fourth-order valence-corrected chi connectivity index (χ4v) is 3.63. The molecule has 2 amide bonds. The fraction of sp³-hybridized carbons (Fsp3) is 0.222. The summed E-state index contributed by atoms with van der Waals surface area (Å²) < 4.78 is 0. The molecule has 2 aliphatic heterocycles. The van der Waals surface area contributed by atoms with E-state index >= 15 is 0 Å². The standard InChI is InChI=1S/C18H17N5O2S/c24-17-14(26-18(25)21-17)12-15-19-7-6-16(20-15)23-10-8-22(9-11-23)13-4-2-1-3-5-13/h1-7,12H,8-11H2,(H,21,24,25). The smallest absolute Gasteiger partial charge is 0.290 e. The number of hydrogen-bond donors (Lipinski definition) is 1. The normalized spacial score (nSPS) is 19.2. The van der Waals surface area contributed by atoms with Crippen LogP contribution in [0.25, 0.3) is 6.08 Å². The van der Waals surface area contributed by atoms with Crippen molar-refractivity contribution in [3.8, 4) is 0 Å². The van der Waals surface area contributed by atoms with Crippen LogP contribution < -0.4 is 15.1 Å². The maximum Gasteiger partial charge on any atom is 0.290 e. The number of hydrogen-bond acceptors (Lipinski definition) is 7. The third-order valence-electron chi connectivity index (χ3n) is 4.29. The SMILES string of the molecule is O=C1NC(=O)C(=Cc2nccc(N3CCN(c4ccccc4)CC3)n2)S1. The molecule has 2 aromatic rings. The van der Waals surface area contributed by atoms with Gasteiger partial charge >= 0.3 is 0 Å². The lowest BCUT2D eigenvalue weighted by atomic mass is 10.2. The third kappa shape index (κ3) is 3.55. The highest BCUT2D eigenvalue weighted by atomic mass is 32.2. The summed E-state index contributed by atoms with van der Waals surface area (Å²) in [5.74, 6) is 0.861. The van der Waals surface area contributed by atoms with Crippen molar-refractivity contribution in [3.05, 3.63) is 53.3 Å². The van der Waals surface area contributed by atoms with Gasteiger partial charge in [0, 0.05) is 44.1 Å². The highest BCUT2D eigenvalue weighted by molar-refractivity contribution is 8.18. The molecule has 3 heterocycles. The van der Waals surface area contributed by atoms with Crippen LogP contribution in [-0.4, -0.2) is 47.3 Å². The number of carbonyl (C=O) groups is 2. The predicted octanol–water partition coefficient (Wildman–Crippen LogP) is 2.13. The van der Waals surface area contributed by atoms with Crippen molar-refractivity contribution in [2.75, 3.05) is 36.0 Å². The van der Waals surface area contributed by atoms with Crippen LogP contribution in [0.3, 0.4) is 0 Å². The summed E-state index contributed by atoms with van der Waals surface area (Å²) in [7, 11) is 0. The summed E-state index contributed by atoms with van der Waals surface area (Å²) in [4.78, 5) is 36.5. The third-order valence-corrected chi connectivity index (χ3v) is 5.10.